The minimum absolute atomic E-state index is 0.0282. The highest BCUT2D eigenvalue weighted by Gasteiger charge is 2.26. The van der Waals surface area contributed by atoms with Gasteiger partial charge in [0.05, 0.1) is 17.7 Å². The molecule has 0 saturated carbocycles. The minimum Gasteiger partial charge on any atom is -0.468 e. The highest BCUT2D eigenvalue weighted by molar-refractivity contribution is 7.89. The van der Waals surface area contributed by atoms with Gasteiger partial charge in [0, 0.05) is 29.0 Å². The molecule has 2 aromatic heterocycles. The van der Waals surface area contributed by atoms with Crippen molar-refractivity contribution in [2.45, 2.75) is 18.0 Å². The Bertz CT molecular complexity index is 925. The van der Waals surface area contributed by atoms with E-state index in [4.69, 9.17) is 27.6 Å². The van der Waals surface area contributed by atoms with Crippen LogP contribution in [0.4, 0.5) is 0 Å². The number of halogens is 2. The third-order valence-corrected chi connectivity index (χ3v) is 5.67. The zero-order valence-electron chi connectivity index (χ0n) is 13.0. The van der Waals surface area contributed by atoms with E-state index in [0.29, 0.717) is 5.76 Å². The van der Waals surface area contributed by atoms with Crippen LogP contribution in [0.15, 0.2) is 70.4 Å². The average Bonchev–Trinajstić information content (AvgIpc) is 3.07. The molecule has 0 aliphatic rings. The summed E-state index contributed by atoms with van der Waals surface area (Å²) in [7, 11) is -3.84. The summed E-state index contributed by atoms with van der Waals surface area (Å²) in [5.41, 5.74) is 0.755. The molecule has 0 bridgehead atoms. The van der Waals surface area contributed by atoms with E-state index in [2.05, 4.69) is 4.98 Å². The van der Waals surface area contributed by atoms with Gasteiger partial charge in [-0.3, -0.25) is 4.98 Å². The van der Waals surface area contributed by atoms with Crippen molar-refractivity contribution >= 4 is 33.2 Å². The first kappa shape index (κ1) is 17.9. The van der Waals surface area contributed by atoms with Crippen LogP contribution in [0.25, 0.3) is 0 Å². The zero-order valence-corrected chi connectivity index (χ0v) is 15.3. The summed E-state index contributed by atoms with van der Waals surface area (Å²) in [5.74, 6) is 0.528. The van der Waals surface area contributed by atoms with Gasteiger partial charge in [-0.2, -0.15) is 4.31 Å². The number of hydrogen-bond donors (Lipinski definition) is 0. The van der Waals surface area contributed by atoms with Crippen LogP contribution in [-0.2, 0) is 23.1 Å². The van der Waals surface area contributed by atoms with Crippen molar-refractivity contribution in [3.8, 4) is 0 Å². The Kier molecular flexibility index (Phi) is 5.44. The number of aromatic nitrogens is 1. The second kappa shape index (κ2) is 7.58. The number of furan rings is 1. The van der Waals surface area contributed by atoms with Crippen LogP contribution in [0.5, 0.6) is 0 Å². The fourth-order valence-electron chi connectivity index (χ4n) is 2.32. The van der Waals surface area contributed by atoms with Crippen molar-refractivity contribution < 1.29 is 12.8 Å². The van der Waals surface area contributed by atoms with Gasteiger partial charge < -0.3 is 4.42 Å². The van der Waals surface area contributed by atoms with Crippen LogP contribution in [0.1, 0.15) is 11.3 Å². The Morgan fingerprint density at radius 1 is 1.04 bits per heavy atom. The van der Waals surface area contributed by atoms with Gasteiger partial charge in [-0.1, -0.05) is 29.3 Å². The lowest BCUT2D eigenvalue weighted by Crippen LogP contribution is -2.30. The van der Waals surface area contributed by atoms with Gasteiger partial charge in [-0.25, -0.2) is 8.42 Å². The molecule has 0 atom stereocenters. The third kappa shape index (κ3) is 4.41. The molecule has 5 nitrogen and oxygen atoms in total. The molecule has 0 radical (unpaired) electrons. The maximum absolute atomic E-state index is 13.1. The standard InChI is InChI=1S/C17H14Cl2N2O3S/c18-14-7-15(19)9-17(8-14)25(22,23)21(12-16-4-2-6-24-16)11-13-3-1-5-20-10-13/h1-10H,11-12H2. The number of benzene rings is 1. The van der Waals surface area contributed by atoms with E-state index in [1.54, 1.807) is 30.6 Å². The molecule has 3 rings (SSSR count). The van der Waals surface area contributed by atoms with Crippen LogP contribution in [0.3, 0.4) is 0 Å². The van der Waals surface area contributed by atoms with Crippen LogP contribution in [0, 0.1) is 0 Å². The lowest BCUT2D eigenvalue weighted by atomic mass is 10.3. The minimum atomic E-state index is -3.84. The Balaban J connectivity index is 1.99. The first-order valence-corrected chi connectivity index (χ1v) is 9.52. The molecule has 0 aliphatic heterocycles. The van der Waals surface area contributed by atoms with E-state index in [9.17, 15) is 8.42 Å². The first-order chi connectivity index (χ1) is 11.9. The van der Waals surface area contributed by atoms with Gasteiger partial charge in [0.25, 0.3) is 0 Å². The Morgan fingerprint density at radius 2 is 1.80 bits per heavy atom. The van der Waals surface area contributed by atoms with E-state index in [0.717, 1.165) is 5.56 Å². The molecule has 130 valence electrons. The molecular weight excluding hydrogens is 383 g/mol. The third-order valence-electron chi connectivity index (χ3n) is 3.47. The second-order valence-corrected chi connectivity index (χ2v) is 8.13. The van der Waals surface area contributed by atoms with E-state index < -0.39 is 10.0 Å². The van der Waals surface area contributed by atoms with Crippen molar-refractivity contribution in [2.24, 2.45) is 0 Å². The number of pyridine rings is 1. The predicted octanol–water partition coefficient (Wildman–Crippen LogP) is 4.37. The molecule has 0 fully saturated rings. The van der Waals surface area contributed by atoms with Crippen molar-refractivity contribution in [3.63, 3.8) is 0 Å². The molecule has 8 heteroatoms. The molecule has 1 aromatic carbocycles. The number of nitrogens with zero attached hydrogens (tertiary/aromatic N) is 2. The summed E-state index contributed by atoms with van der Waals surface area (Å²) in [6.07, 6.45) is 4.75. The molecule has 0 unspecified atom stereocenters. The summed E-state index contributed by atoms with van der Waals surface area (Å²) in [6.45, 7) is 0.218. The number of hydrogen-bond acceptors (Lipinski definition) is 4. The van der Waals surface area contributed by atoms with Gasteiger partial charge in [-0.05, 0) is 42.0 Å². The maximum atomic E-state index is 13.1. The van der Waals surface area contributed by atoms with E-state index in [1.807, 2.05) is 6.07 Å². The van der Waals surface area contributed by atoms with Gasteiger partial charge in [0.15, 0.2) is 0 Å². The topological polar surface area (TPSA) is 63.4 Å². The predicted molar refractivity (Wildman–Crippen MR) is 95.8 cm³/mol. The molecule has 0 N–H and O–H groups in total. The fourth-order valence-corrected chi connectivity index (χ4v) is 4.45. The van der Waals surface area contributed by atoms with Gasteiger partial charge in [0.1, 0.15) is 5.76 Å². The fraction of sp³-hybridized carbons (Fsp3) is 0.118. The Morgan fingerprint density at radius 3 is 2.40 bits per heavy atom. The first-order valence-electron chi connectivity index (χ1n) is 7.33. The summed E-state index contributed by atoms with van der Waals surface area (Å²) >= 11 is 11.9. The molecule has 0 saturated heterocycles. The molecule has 0 aliphatic carbocycles. The van der Waals surface area contributed by atoms with Crippen molar-refractivity contribution in [2.75, 3.05) is 0 Å². The highest BCUT2D eigenvalue weighted by Crippen LogP contribution is 2.27. The molecule has 25 heavy (non-hydrogen) atoms. The molecule has 0 amide bonds. The van der Waals surface area contributed by atoms with Gasteiger partial charge in [0.2, 0.25) is 10.0 Å². The molecular formula is C17H14Cl2N2O3S. The lowest BCUT2D eigenvalue weighted by Gasteiger charge is -2.21. The lowest BCUT2D eigenvalue weighted by molar-refractivity contribution is 0.358. The van der Waals surface area contributed by atoms with Crippen molar-refractivity contribution in [3.05, 3.63) is 82.5 Å². The van der Waals surface area contributed by atoms with E-state index in [-0.39, 0.29) is 28.0 Å². The number of rotatable bonds is 6. The SMILES string of the molecule is O=S(=O)(c1cc(Cl)cc(Cl)c1)N(Cc1cccnc1)Cc1ccco1. The highest BCUT2D eigenvalue weighted by atomic mass is 35.5. The smallest absolute Gasteiger partial charge is 0.243 e. The summed E-state index contributed by atoms with van der Waals surface area (Å²) in [6, 6.07) is 11.2. The van der Waals surface area contributed by atoms with Crippen molar-refractivity contribution in [1.82, 2.24) is 9.29 Å². The van der Waals surface area contributed by atoms with E-state index >= 15 is 0 Å². The van der Waals surface area contributed by atoms with Gasteiger partial charge >= 0.3 is 0 Å². The zero-order chi connectivity index (χ0) is 17.9. The van der Waals surface area contributed by atoms with Crippen LogP contribution in [0.2, 0.25) is 10.0 Å². The van der Waals surface area contributed by atoms with Crippen molar-refractivity contribution in [1.29, 1.82) is 0 Å². The Hall–Kier alpha value is -1.86. The summed E-state index contributed by atoms with van der Waals surface area (Å²) in [5, 5.41) is 0.510. The summed E-state index contributed by atoms with van der Waals surface area (Å²) < 4.78 is 32.8. The second-order valence-electron chi connectivity index (χ2n) is 5.32. The summed E-state index contributed by atoms with van der Waals surface area (Å²) in [4.78, 5) is 4.06. The molecule has 0 spiro atoms. The maximum Gasteiger partial charge on any atom is 0.243 e. The Labute approximate surface area is 155 Å². The normalized spacial score (nSPS) is 11.8. The molecule has 2 heterocycles. The van der Waals surface area contributed by atoms with Crippen LogP contribution < -0.4 is 0 Å². The monoisotopic (exact) mass is 396 g/mol. The largest absolute Gasteiger partial charge is 0.468 e. The molecule has 3 aromatic rings. The average molecular weight is 397 g/mol. The van der Waals surface area contributed by atoms with E-state index in [1.165, 1.54) is 28.8 Å². The number of sulfonamides is 1. The quantitative estimate of drug-likeness (QED) is 0.620. The van der Waals surface area contributed by atoms with Crippen LogP contribution in [-0.4, -0.2) is 17.7 Å². The van der Waals surface area contributed by atoms with Crippen LogP contribution >= 0.6 is 23.2 Å². The van der Waals surface area contributed by atoms with Gasteiger partial charge in [-0.15, -0.1) is 0 Å².